The lowest BCUT2D eigenvalue weighted by molar-refractivity contribution is 0.225. The summed E-state index contributed by atoms with van der Waals surface area (Å²) in [6.07, 6.45) is 1.62. The van der Waals surface area contributed by atoms with E-state index >= 15 is 0 Å². The van der Waals surface area contributed by atoms with E-state index in [1.165, 1.54) is 6.07 Å². The largest absolute Gasteiger partial charge is 0.310 e. The molecule has 0 aliphatic heterocycles. The molecule has 0 heterocycles. The Hall–Kier alpha value is -2.18. The normalized spacial score (nSPS) is 24.1. The van der Waals surface area contributed by atoms with Gasteiger partial charge < -0.3 is 5.32 Å². The number of nitriles is 1. The average Bonchev–Trinajstić information content (AvgIpc) is 2.47. The fourth-order valence-electron chi connectivity index (χ4n) is 2.98. The lowest BCUT2D eigenvalue weighted by Gasteiger charge is -2.43. The highest BCUT2D eigenvalue weighted by Crippen LogP contribution is 2.43. The van der Waals surface area contributed by atoms with Crippen LogP contribution in [-0.4, -0.2) is 6.04 Å². The van der Waals surface area contributed by atoms with Crippen molar-refractivity contribution in [2.24, 2.45) is 0 Å². The highest BCUT2D eigenvalue weighted by Gasteiger charge is 2.45. The van der Waals surface area contributed by atoms with E-state index < -0.39 is 0 Å². The number of benzene rings is 2. The number of nitrogens with one attached hydrogen (secondary N) is 1. The van der Waals surface area contributed by atoms with Gasteiger partial charge >= 0.3 is 0 Å². The minimum atomic E-state index is -0.360. The molecule has 0 spiro atoms. The molecule has 0 aromatic heterocycles. The summed E-state index contributed by atoms with van der Waals surface area (Å²) in [5.74, 6) is -0.210. The number of nitrogens with zero attached hydrogens (tertiary/aromatic N) is 1. The first-order valence-corrected chi connectivity index (χ1v) is 7.16. The fourth-order valence-corrected chi connectivity index (χ4v) is 2.98. The molecule has 21 heavy (non-hydrogen) atoms. The summed E-state index contributed by atoms with van der Waals surface area (Å²) in [5.41, 5.74) is 1.67. The standard InChI is InChI=1S/C18H17FN2/c19-16-8-4-5-14(9-16)12-21-17-10-18(11-17,13-20)15-6-2-1-3-7-15/h1-9,17,21H,10-12H2. The molecule has 106 valence electrons. The number of hydrogen-bond acceptors (Lipinski definition) is 2. The minimum absolute atomic E-state index is 0.210. The zero-order chi connectivity index (χ0) is 14.7. The van der Waals surface area contributed by atoms with Crippen molar-refractivity contribution in [1.82, 2.24) is 5.32 Å². The predicted octanol–water partition coefficient (Wildman–Crippen LogP) is 3.54. The van der Waals surface area contributed by atoms with Gasteiger partial charge in [0, 0.05) is 12.6 Å². The van der Waals surface area contributed by atoms with E-state index in [4.69, 9.17) is 0 Å². The molecule has 2 nitrogen and oxygen atoms in total. The summed E-state index contributed by atoms with van der Waals surface area (Å²) in [6, 6.07) is 19.3. The van der Waals surface area contributed by atoms with Crippen LogP contribution in [0.5, 0.6) is 0 Å². The molecule has 2 aromatic rings. The third-order valence-corrected chi connectivity index (χ3v) is 4.21. The number of hydrogen-bond donors (Lipinski definition) is 1. The Balaban J connectivity index is 1.59. The van der Waals surface area contributed by atoms with Crippen LogP contribution in [0, 0.1) is 17.1 Å². The third-order valence-electron chi connectivity index (χ3n) is 4.21. The van der Waals surface area contributed by atoms with Crippen molar-refractivity contribution in [2.45, 2.75) is 30.8 Å². The second kappa shape index (κ2) is 5.67. The van der Waals surface area contributed by atoms with Crippen LogP contribution in [0.15, 0.2) is 54.6 Å². The molecule has 3 heteroatoms. The van der Waals surface area contributed by atoms with Gasteiger partial charge in [0.25, 0.3) is 0 Å². The van der Waals surface area contributed by atoms with E-state index in [2.05, 4.69) is 11.4 Å². The van der Waals surface area contributed by atoms with E-state index in [0.717, 1.165) is 24.0 Å². The molecule has 2 aromatic carbocycles. The van der Waals surface area contributed by atoms with E-state index in [-0.39, 0.29) is 11.2 Å². The van der Waals surface area contributed by atoms with Crippen LogP contribution in [0.3, 0.4) is 0 Å². The summed E-state index contributed by atoms with van der Waals surface area (Å²) in [4.78, 5) is 0. The van der Waals surface area contributed by atoms with Crippen molar-refractivity contribution >= 4 is 0 Å². The second-order valence-electron chi connectivity index (χ2n) is 5.68. The van der Waals surface area contributed by atoms with Gasteiger partial charge in [0.1, 0.15) is 5.82 Å². The molecule has 1 aliphatic rings. The molecule has 0 bridgehead atoms. The van der Waals surface area contributed by atoms with Crippen molar-refractivity contribution in [3.05, 3.63) is 71.5 Å². The Morgan fingerprint density at radius 2 is 1.90 bits per heavy atom. The van der Waals surface area contributed by atoms with Gasteiger partial charge in [0.2, 0.25) is 0 Å². The molecular formula is C18H17FN2. The van der Waals surface area contributed by atoms with Gasteiger partial charge in [-0.2, -0.15) is 5.26 Å². The Labute approximate surface area is 124 Å². The zero-order valence-corrected chi connectivity index (χ0v) is 11.7. The Kier molecular flexibility index (Phi) is 3.72. The summed E-state index contributed by atoms with van der Waals surface area (Å²) in [6.45, 7) is 0.638. The van der Waals surface area contributed by atoms with Crippen molar-refractivity contribution in [2.75, 3.05) is 0 Å². The van der Waals surface area contributed by atoms with Crippen LogP contribution >= 0.6 is 0 Å². The van der Waals surface area contributed by atoms with E-state index in [9.17, 15) is 9.65 Å². The molecule has 0 atom stereocenters. The smallest absolute Gasteiger partial charge is 0.123 e. The predicted molar refractivity (Wildman–Crippen MR) is 80.0 cm³/mol. The maximum absolute atomic E-state index is 13.1. The second-order valence-corrected chi connectivity index (χ2v) is 5.68. The lowest BCUT2D eigenvalue weighted by atomic mass is 9.62. The average molecular weight is 280 g/mol. The van der Waals surface area contributed by atoms with Gasteiger partial charge in [0.05, 0.1) is 11.5 Å². The van der Waals surface area contributed by atoms with Crippen LogP contribution in [0.25, 0.3) is 0 Å². The summed E-state index contributed by atoms with van der Waals surface area (Å²) in [7, 11) is 0. The van der Waals surface area contributed by atoms with Crippen LogP contribution in [0.4, 0.5) is 4.39 Å². The van der Waals surface area contributed by atoms with E-state index in [1.807, 2.05) is 36.4 Å². The molecule has 1 aliphatic carbocycles. The maximum Gasteiger partial charge on any atom is 0.123 e. The third kappa shape index (κ3) is 2.81. The first kappa shape index (κ1) is 13.8. The molecule has 0 radical (unpaired) electrons. The van der Waals surface area contributed by atoms with Gasteiger partial charge in [-0.25, -0.2) is 4.39 Å². The molecule has 1 fully saturated rings. The van der Waals surface area contributed by atoms with Gasteiger partial charge in [-0.1, -0.05) is 42.5 Å². The zero-order valence-electron chi connectivity index (χ0n) is 11.7. The lowest BCUT2D eigenvalue weighted by Crippen LogP contribution is -2.50. The van der Waals surface area contributed by atoms with Gasteiger partial charge in [-0.15, -0.1) is 0 Å². The van der Waals surface area contributed by atoms with Crippen LogP contribution in [0.1, 0.15) is 24.0 Å². The van der Waals surface area contributed by atoms with Crippen molar-refractivity contribution in [1.29, 1.82) is 5.26 Å². The molecule has 3 rings (SSSR count). The molecule has 1 saturated carbocycles. The number of halogens is 1. The maximum atomic E-state index is 13.1. The van der Waals surface area contributed by atoms with Gasteiger partial charge in [0.15, 0.2) is 0 Å². The molecule has 0 saturated heterocycles. The fraction of sp³-hybridized carbons (Fsp3) is 0.278. The minimum Gasteiger partial charge on any atom is -0.310 e. The quantitative estimate of drug-likeness (QED) is 0.930. The van der Waals surface area contributed by atoms with Crippen molar-refractivity contribution in [3.63, 3.8) is 0 Å². The Morgan fingerprint density at radius 1 is 1.14 bits per heavy atom. The highest BCUT2D eigenvalue weighted by molar-refractivity contribution is 5.37. The highest BCUT2D eigenvalue weighted by atomic mass is 19.1. The molecule has 1 N–H and O–H groups in total. The van der Waals surface area contributed by atoms with Crippen LogP contribution in [-0.2, 0) is 12.0 Å². The summed E-state index contributed by atoms with van der Waals surface area (Å²) in [5, 5.41) is 12.9. The molecule has 0 unspecified atom stereocenters. The van der Waals surface area contributed by atoms with Crippen molar-refractivity contribution in [3.8, 4) is 6.07 Å². The monoisotopic (exact) mass is 280 g/mol. The summed E-state index contributed by atoms with van der Waals surface area (Å²) < 4.78 is 13.1. The summed E-state index contributed by atoms with van der Waals surface area (Å²) >= 11 is 0. The first-order chi connectivity index (χ1) is 10.2. The van der Waals surface area contributed by atoms with Crippen LogP contribution in [0.2, 0.25) is 0 Å². The van der Waals surface area contributed by atoms with Crippen LogP contribution < -0.4 is 5.32 Å². The number of rotatable bonds is 4. The Morgan fingerprint density at radius 3 is 2.57 bits per heavy atom. The van der Waals surface area contributed by atoms with Crippen molar-refractivity contribution < 1.29 is 4.39 Å². The Bertz CT molecular complexity index is 654. The molecular weight excluding hydrogens is 263 g/mol. The van der Waals surface area contributed by atoms with E-state index in [0.29, 0.717) is 12.6 Å². The van der Waals surface area contributed by atoms with Gasteiger partial charge in [-0.05, 0) is 36.1 Å². The van der Waals surface area contributed by atoms with E-state index in [1.54, 1.807) is 12.1 Å². The topological polar surface area (TPSA) is 35.8 Å². The SMILES string of the molecule is N#CC1(c2ccccc2)CC(NCc2cccc(F)c2)C1. The first-order valence-electron chi connectivity index (χ1n) is 7.16. The van der Waals surface area contributed by atoms with Gasteiger partial charge in [-0.3, -0.25) is 0 Å². The molecule has 0 amide bonds.